The third kappa shape index (κ3) is 10.3. The van der Waals surface area contributed by atoms with Gasteiger partial charge in [0, 0.05) is 25.4 Å². The van der Waals surface area contributed by atoms with Crippen LogP contribution < -0.4 is 5.32 Å². The SMILES string of the molecule is CC(C)(CCO)CNCCSC(F)(F)F. The number of aliphatic hydroxyl groups excluding tert-OH is 1. The van der Waals surface area contributed by atoms with Crippen LogP contribution in [0.15, 0.2) is 0 Å². The van der Waals surface area contributed by atoms with E-state index in [1.807, 2.05) is 13.8 Å². The minimum atomic E-state index is -4.14. The maximum absolute atomic E-state index is 11.7. The molecule has 0 aliphatic carbocycles. The molecule has 0 amide bonds. The molecule has 2 N–H and O–H groups in total. The molecule has 0 rings (SSSR count). The zero-order valence-electron chi connectivity index (χ0n) is 9.02. The monoisotopic (exact) mass is 245 g/mol. The molecule has 92 valence electrons. The quantitative estimate of drug-likeness (QED) is 0.675. The second-order valence-electron chi connectivity index (χ2n) is 4.11. The van der Waals surface area contributed by atoms with Crippen molar-refractivity contribution in [1.29, 1.82) is 0 Å². The molecule has 0 bridgehead atoms. The van der Waals surface area contributed by atoms with Crippen molar-refractivity contribution in [1.82, 2.24) is 5.32 Å². The maximum atomic E-state index is 11.7. The molecular formula is C9H18F3NOS. The molecule has 0 unspecified atom stereocenters. The van der Waals surface area contributed by atoms with Crippen LogP contribution in [0.1, 0.15) is 20.3 Å². The molecule has 0 atom stereocenters. The summed E-state index contributed by atoms with van der Waals surface area (Å²) in [5.74, 6) is 0.0265. The lowest BCUT2D eigenvalue weighted by atomic mass is 9.90. The third-order valence-electron chi connectivity index (χ3n) is 1.94. The number of nitrogens with one attached hydrogen (secondary N) is 1. The van der Waals surface area contributed by atoms with Gasteiger partial charge in [0.2, 0.25) is 0 Å². The van der Waals surface area contributed by atoms with Crippen molar-refractivity contribution in [2.24, 2.45) is 5.41 Å². The summed E-state index contributed by atoms with van der Waals surface area (Å²) >= 11 is -0.0144. The van der Waals surface area contributed by atoms with E-state index in [9.17, 15) is 13.2 Å². The van der Waals surface area contributed by atoms with Crippen LogP contribution in [-0.4, -0.2) is 36.1 Å². The fourth-order valence-corrected chi connectivity index (χ4v) is 1.53. The van der Waals surface area contributed by atoms with Gasteiger partial charge in [-0.1, -0.05) is 13.8 Å². The Morgan fingerprint density at radius 2 is 1.87 bits per heavy atom. The zero-order chi connectivity index (χ0) is 11.9. The molecule has 0 aromatic rings. The van der Waals surface area contributed by atoms with Crippen LogP contribution in [0.3, 0.4) is 0 Å². The number of aliphatic hydroxyl groups is 1. The Morgan fingerprint density at radius 1 is 1.27 bits per heavy atom. The van der Waals surface area contributed by atoms with Crippen LogP contribution in [0.25, 0.3) is 0 Å². The van der Waals surface area contributed by atoms with Gasteiger partial charge in [0.15, 0.2) is 0 Å². The molecule has 0 saturated heterocycles. The predicted molar refractivity (Wildman–Crippen MR) is 56.9 cm³/mol. The summed E-state index contributed by atoms with van der Waals surface area (Å²) in [6, 6.07) is 0. The topological polar surface area (TPSA) is 32.3 Å². The van der Waals surface area contributed by atoms with Crippen molar-refractivity contribution in [2.75, 3.05) is 25.4 Å². The van der Waals surface area contributed by atoms with Gasteiger partial charge in [-0.05, 0) is 23.6 Å². The largest absolute Gasteiger partial charge is 0.441 e. The molecule has 0 aliphatic heterocycles. The molecule has 0 spiro atoms. The van der Waals surface area contributed by atoms with Gasteiger partial charge in [-0.25, -0.2) is 0 Å². The number of halogens is 3. The molecule has 2 nitrogen and oxygen atoms in total. The average Bonchev–Trinajstić information content (AvgIpc) is 2.00. The standard InChI is InChI=1S/C9H18F3NOS/c1-8(2,3-5-14)7-13-4-6-15-9(10,11)12/h13-14H,3-7H2,1-2H3. The first-order chi connectivity index (χ1) is 6.77. The summed E-state index contributed by atoms with van der Waals surface area (Å²) in [6.45, 7) is 4.98. The first kappa shape index (κ1) is 15.1. The number of hydrogen-bond acceptors (Lipinski definition) is 3. The lowest BCUT2D eigenvalue weighted by Gasteiger charge is -2.23. The Morgan fingerprint density at radius 3 is 2.33 bits per heavy atom. The minimum absolute atomic E-state index is 0.0144. The van der Waals surface area contributed by atoms with Gasteiger partial charge < -0.3 is 10.4 Å². The average molecular weight is 245 g/mol. The van der Waals surface area contributed by atoms with Crippen molar-refractivity contribution < 1.29 is 18.3 Å². The lowest BCUT2D eigenvalue weighted by molar-refractivity contribution is -0.0327. The highest BCUT2D eigenvalue weighted by molar-refractivity contribution is 8.00. The minimum Gasteiger partial charge on any atom is -0.396 e. The van der Waals surface area contributed by atoms with E-state index in [4.69, 9.17) is 5.11 Å². The smallest absolute Gasteiger partial charge is 0.396 e. The molecule has 0 heterocycles. The fourth-order valence-electron chi connectivity index (χ4n) is 1.06. The van der Waals surface area contributed by atoms with Gasteiger partial charge in [0.05, 0.1) is 0 Å². The molecule has 6 heteroatoms. The van der Waals surface area contributed by atoms with Gasteiger partial charge >= 0.3 is 5.51 Å². The molecule has 0 fully saturated rings. The Labute approximate surface area is 92.6 Å². The summed E-state index contributed by atoms with van der Waals surface area (Å²) in [7, 11) is 0. The Kier molecular flexibility index (Phi) is 6.63. The van der Waals surface area contributed by atoms with Crippen LogP contribution in [0, 0.1) is 5.41 Å². The third-order valence-corrected chi connectivity index (χ3v) is 2.67. The Balaban J connectivity index is 3.46. The summed E-state index contributed by atoms with van der Waals surface area (Å²) in [4.78, 5) is 0. The first-order valence-electron chi connectivity index (χ1n) is 4.79. The second kappa shape index (κ2) is 6.60. The fraction of sp³-hybridized carbons (Fsp3) is 1.00. The highest BCUT2D eigenvalue weighted by Crippen LogP contribution is 2.29. The number of thioether (sulfide) groups is 1. The van der Waals surface area contributed by atoms with Crippen LogP contribution >= 0.6 is 11.8 Å². The van der Waals surface area contributed by atoms with Gasteiger partial charge in [-0.2, -0.15) is 13.2 Å². The van der Waals surface area contributed by atoms with E-state index < -0.39 is 5.51 Å². The number of hydrogen-bond donors (Lipinski definition) is 2. The highest BCUT2D eigenvalue weighted by Gasteiger charge is 2.27. The first-order valence-corrected chi connectivity index (χ1v) is 5.78. The van der Waals surface area contributed by atoms with E-state index >= 15 is 0 Å². The summed E-state index contributed by atoms with van der Waals surface area (Å²) in [6.07, 6.45) is 0.645. The second-order valence-corrected chi connectivity index (χ2v) is 5.27. The van der Waals surface area contributed by atoms with Crippen LogP contribution in [-0.2, 0) is 0 Å². The van der Waals surface area contributed by atoms with E-state index in [2.05, 4.69) is 5.32 Å². The summed E-state index contributed by atoms with van der Waals surface area (Å²) in [5, 5.41) is 11.7. The van der Waals surface area contributed by atoms with Crippen molar-refractivity contribution in [3.05, 3.63) is 0 Å². The lowest BCUT2D eigenvalue weighted by Crippen LogP contribution is -2.31. The highest BCUT2D eigenvalue weighted by atomic mass is 32.2. The number of alkyl halides is 3. The summed E-state index contributed by atoms with van der Waals surface area (Å²) < 4.78 is 35.2. The molecule has 0 aromatic carbocycles. The van der Waals surface area contributed by atoms with Gasteiger partial charge in [-0.15, -0.1) is 0 Å². The van der Waals surface area contributed by atoms with E-state index in [0.29, 0.717) is 19.5 Å². The van der Waals surface area contributed by atoms with Crippen molar-refractivity contribution in [3.63, 3.8) is 0 Å². The molecule has 0 saturated carbocycles. The van der Waals surface area contributed by atoms with Gasteiger partial charge in [-0.3, -0.25) is 0 Å². The van der Waals surface area contributed by atoms with Crippen LogP contribution in [0.5, 0.6) is 0 Å². The van der Waals surface area contributed by atoms with E-state index in [-0.39, 0.29) is 29.5 Å². The predicted octanol–water partition coefficient (Wildman–Crippen LogP) is 2.24. The normalized spacial score (nSPS) is 13.2. The summed E-state index contributed by atoms with van der Waals surface area (Å²) in [5.41, 5.74) is -4.21. The van der Waals surface area contributed by atoms with Crippen molar-refractivity contribution in [2.45, 2.75) is 25.8 Å². The van der Waals surface area contributed by atoms with Gasteiger partial charge in [0.1, 0.15) is 0 Å². The van der Waals surface area contributed by atoms with E-state index in [1.54, 1.807) is 0 Å². The molecule has 15 heavy (non-hydrogen) atoms. The molecule has 0 radical (unpaired) electrons. The Bertz CT molecular complexity index is 173. The van der Waals surface area contributed by atoms with E-state index in [0.717, 1.165) is 0 Å². The zero-order valence-corrected chi connectivity index (χ0v) is 9.84. The van der Waals surface area contributed by atoms with Crippen LogP contribution in [0.4, 0.5) is 13.2 Å². The van der Waals surface area contributed by atoms with Crippen LogP contribution in [0.2, 0.25) is 0 Å². The van der Waals surface area contributed by atoms with Crippen molar-refractivity contribution >= 4 is 11.8 Å². The van der Waals surface area contributed by atoms with E-state index in [1.165, 1.54) is 0 Å². The maximum Gasteiger partial charge on any atom is 0.441 e. The van der Waals surface area contributed by atoms with Gasteiger partial charge in [0.25, 0.3) is 0 Å². The Hall–Kier alpha value is 0.0600. The van der Waals surface area contributed by atoms with Crippen molar-refractivity contribution in [3.8, 4) is 0 Å². The number of rotatable bonds is 7. The molecule has 0 aromatic heterocycles. The molecule has 0 aliphatic rings. The molecular weight excluding hydrogens is 227 g/mol.